The number of aliphatic hydroxyl groups is 1. The first-order valence-electron chi connectivity index (χ1n) is 6.26. The second kappa shape index (κ2) is 5.36. The zero-order valence-electron chi connectivity index (χ0n) is 11.9. The van der Waals surface area contributed by atoms with Gasteiger partial charge in [-0.25, -0.2) is 4.79 Å². The second-order valence-corrected chi connectivity index (χ2v) is 6.09. The van der Waals surface area contributed by atoms with Crippen molar-refractivity contribution >= 4 is 12.1 Å². The quantitative estimate of drug-likeness (QED) is 0.811. The van der Waals surface area contributed by atoms with Gasteiger partial charge in [-0.1, -0.05) is 0 Å². The zero-order chi connectivity index (χ0) is 16.6. The summed E-state index contributed by atoms with van der Waals surface area (Å²) in [7, 11) is 0. The van der Waals surface area contributed by atoms with Gasteiger partial charge in [0.25, 0.3) is 0 Å². The van der Waals surface area contributed by atoms with E-state index >= 15 is 0 Å². The van der Waals surface area contributed by atoms with Crippen LogP contribution in [0.4, 0.5) is 18.0 Å². The first-order valence-corrected chi connectivity index (χ1v) is 6.26. The van der Waals surface area contributed by atoms with Gasteiger partial charge < -0.3 is 19.8 Å². The van der Waals surface area contributed by atoms with Crippen LogP contribution < -0.4 is 0 Å². The maximum atomic E-state index is 12.9. The van der Waals surface area contributed by atoms with E-state index in [9.17, 15) is 27.9 Å². The van der Waals surface area contributed by atoms with E-state index in [-0.39, 0.29) is 0 Å². The molecule has 122 valence electrons. The molecule has 0 aliphatic carbocycles. The van der Waals surface area contributed by atoms with Gasteiger partial charge in [0.15, 0.2) is 5.60 Å². The van der Waals surface area contributed by atoms with Crippen molar-refractivity contribution in [3.8, 4) is 0 Å². The first kappa shape index (κ1) is 17.5. The molecule has 2 atom stereocenters. The molecule has 1 saturated heterocycles. The fourth-order valence-electron chi connectivity index (χ4n) is 2.10. The van der Waals surface area contributed by atoms with Crippen molar-refractivity contribution in [2.75, 3.05) is 6.54 Å². The number of likely N-dealkylation sites (tertiary alicyclic amines) is 1. The van der Waals surface area contributed by atoms with Gasteiger partial charge in [-0.3, -0.25) is 4.79 Å². The number of alkyl halides is 3. The van der Waals surface area contributed by atoms with Crippen molar-refractivity contribution in [2.24, 2.45) is 0 Å². The van der Waals surface area contributed by atoms with Crippen LogP contribution in [0, 0.1) is 0 Å². The normalized spacial score (nSPS) is 26.8. The number of carboxylic acid groups (broad SMARTS) is 1. The molecule has 0 saturated carbocycles. The maximum absolute atomic E-state index is 12.9. The second-order valence-electron chi connectivity index (χ2n) is 6.09. The highest BCUT2D eigenvalue weighted by Gasteiger charge is 2.61. The van der Waals surface area contributed by atoms with E-state index in [4.69, 9.17) is 9.84 Å². The molecule has 0 radical (unpaired) electrons. The lowest BCUT2D eigenvalue weighted by molar-refractivity contribution is -0.253. The Hall–Kier alpha value is -1.51. The lowest BCUT2D eigenvalue weighted by Crippen LogP contribution is -2.48. The third kappa shape index (κ3) is 4.23. The number of nitrogens with zero attached hydrogens (tertiary/aromatic N) is 1. The van der Waals surface area contributed by atoms with Crippen LogP contribution in [0.3, 0.4) is 0 Å². The Morgan fingerprint density at radius 1 is 1.33 bits per heavy atom. The standard InChI is InChI=1S/C12H18F3NO5/c1-10(2,3)21-9(19)16-6-11(20,12(13,14)15)5-7(16)4-8(17)18/h7,20H,4-6H2,1-3H3,(H,17,18)/t7-,11+/m0/s1. The van der Waals surface area contributed by atoms with Crippen molar-refractivity contribution in [1.29, 1.82) is 0 Å². The van der Waals surface area contributed by atoms with Crippen molar-refractivity contribution in [3.63, 3.8) is 0 Å². The molecule has 1 heterocycles. The zero-order valence-corrected chi connectivity index (χ0v) is 11.9. The van der Waals surface area contributed by atoms with E-state index in [0.29, 0.717) is 4.90 Å². The highest BCUT2D eigenvalue weighted by Crippen LogP contribution is 2.41. The number of carboxylic acids is 1. The Morgan fingerprint density at radius 2 is 1.86 bits per heavy atom. The minimum atomic E-state index is -4.96. The van der Waals surface area contributed by atoms with Gasteiger partial charge in [-0.15, -0.1) is 0 Å². The minimum absolute atomic E-state index is 0.632. The van der Waals surface area contributed by atoms with Crippen LogP contribution in [0.1, 0.15) is 33.6 Å². The number of aliphatic carboxylic acids is 1. The summed E-state index contributed by atoms with van der Waals surface area (Å²) >= 11 is 0. The average Bonchev–Trinajstić information content (AvgIpc) is 2.52. The predicted molar refractivity (Wildman–Crippen MR) is 64.6 cm³/mol. The Labute approximate surface area is 119 Å². The van der Waals surface area contributed by atoms with Crippen LogP contribution in [0.2, 0.25) is 0 Å². The molecule has 1 fully saturated rings. The van der Waals surface area contributed by atoms with Gasteiger partial charge in [0.2, 0.25) is 0 Å². The highest BCUT2D eigenvalue weighted by atomic mass is 19.4. The smallest absolute Gasteiger partial charge is 0.419 e. The van der Waals surface area contributed by atoms with Gasteiger partial charge in [-0.2, -0.15) is 13.2 Å². The summed E-state index contributed by atoms with van der Waals surface area (Å²) in [6.07, 6.45) is -7.62. The predicted octanol–water partition coefficient (Wildman–Crippen LogP) is 1.76. The van der Waals surface area contributed by atoms with Gasteiger partial charge in [0.05, 0.1) is 13.0 Å². The maximum Gasteiger partial charge on any atom is 0.419 e. The molecule has 1 amide bonds. The lowest BCUT2D eigenvalue weighted by Gasteiger charge is -2.28. The van der Waals surface area contributed by atoms with E-state index in [1.165, 1.54) is 20.8 Å². The van der Waals surface area contributed by atoms with Gasteiger partial charge in [0, 0.05) is 12.5 Å². The molecule has 0 spiro atoms. The number of carbonyl (C=O) groups excluding carboxylic acids is 1. The molecular formula is C12H18F3NO5. The highest BCUT2D eigenvalue weighted by molar-refractivity contribution is 5.72. The van der Waals surface area contributed by atoms with E-state index in [1.807, 2.05) is 0 Å². The molecule has 9 heteroatoms. The number of amides is 1. The van der Waals surface area contributed by atoms with Crippen molar-refractivity contribution in [3.05, 3.63) is 0 Å². The van der Waals surface area contributed by atoms with Crippen LogP contribution in [-0.4, -0.2) is 57.1 Å². The number of halogens is 3. The Kier molecular flexibility index (Phi) is 4.48. The van der Waals surface area contributed by atoms with E-state index < -0.39 is 54.9 Å². The van der Waals surface area contributed by atoms with Crippen LogP contribution >= 0.6 is 0 Å². The topological polar surface area (TPSA) is 87.1 Å². The number of carbonyl (C=O) groups is 2. The SMILES string of the molecule is CC(C)(C)OC(=O)N1C[C@@](O)(C(F)(F)F)C[C@@H]1CC(=O)O. The molecule has 0 unspecified atom stereocenters. The summed E-state index contributed by atoms with van der Waals surface area (Å²) < 4.78 is 43.5. The van der Waals surface area contributed by atoms with Gasteiger partial charge >= 0.3 is 18.2 Å². The Balaban J connectivity index is 2.98. The fourth-order valence-corrected chi connectivity index (χ4v) is 2.10. The largest absolute Gasteiger partial charge is 0.481 e. The van der Waals surface area contributed by atoms with E-state index in [1.54, 1.807) is 0 Å². The monoisotopic (exact) mass is 313 g/mol. The summed E-state index contributed by atoms with van der Waals surface area (Å²) in [5, 5.41) is 18.4. The molecule has 1 aliphatic rings. The minimum Gasteiger partial charge on any atom is -0.481 e. The summed E-state index contributed by atoms with van der Waals surface area (Å²) in [5.74, 6) is -1.36. The molecule has 21 heavy (non-hydrogen) atoms. The molecule has 0 bridgehead atoms. The summed E-state index contributed by atoms with van der Waals surface area (Å²) in [5.41, 5.74) is -4.06. The van der Waals surface area contributed by atoms with Crippen molar-refractivity contribution in [1.82, 2.24) is 4.90 Å². The number of hydrogen-bond acceptors (Lipinski definition) is 4. The third-order valence-electron chi connectivity index (χ3n) is 3.01. The number of ether oxygens (including phenoxy) is 1. The van der Waals surface area contributed by atoms with Crippen LogP contribution in [0.15, 0.2) is 0 Å². The molecule has 1 aliphatic heterocycles. The van der Waals surface area contributed by atoms with Crippen LogP contribution in [0.5, 0.6) is 0 Å². The molecule has 0 aromatic rings. The molecular weight excluding hydrogens is 295 g/mol. The molecule has 6 nitrogen and oxygen atoms in total. The van der Waals surface area contributed by atoms with Crippen LogP contribution in [-0.2, 0) is 9.53 Å². The molecule has 1 rings (SSSR count). The number of β-amino-alcohol motifs (C(OH)–C–C–N with tert-alkyl or cyclic N) is 1. The van der Waals surface area contributed by atoms with Crippen molar-refractivity contribution < 1.29 is 37.7 Å². The summed E-state index contributed by atoms with van der Waals surface area (Å²) in [6, 6.07) is -1.27. The Morgan fingerprint density at radius 3 is 2.24 bits per heavy atom. The molecule has 0 aromatic heterocycles. The lowest BCUT2D eigenvalue weighted by atomic mass is 9.98. The van der Waals surface area contributed by atoms with Crippen molar-refractivity contribution in [2.45, 2.75) is 57.0 Å². The average molecular weight is 313 g/mol. The summed E-state index contributed by atoms with van der Waals surface area (Å²) in [6.45, 7) is 3.55. The third-order valence-corrected chi connectivity index (χ3v) is 3.01. The van der Waals surface area contributed by atoms with E-state index in [2.05, 4.69) is 0 Å². The first-order chi connectivity index (χ1) is 9.25. The van der Waals surface area contributed by atoms with E-state index in [0.717, 1.165) is 0 Å². The summed E-state index contributed by atoms with van der Waals surface area (Å²) in [4.78, 5) is 23.3. The molecule has 0 aromatic carbocycles. The van der Waals surface area contributed by atoms with Gasteiger partial charge in [-0.05, 0) is 20.8 Å². The molecule has 2 N–H and O–H groups in total. The van der Waals surface area contributed by atoms with Crippen LogP contribution in [0.25, 0.3) is 0 Å². The number of hydrogen-bond donors (Lipinski definition) is 2. The Bertz CT molecular complexity index is 432. The number of rotatable bonds is 2. The van der Waals surface area contributed by atoms with Gasteiger partial charge in [0.1, 0.15) is 5.60 Å². The fraction of sp³-hybridized carbons (Fsp3) is 0.833.